The fourth-order valence-electron chi connectivity index (χ4n) is 3.37. The van der Waals surface area contributed by atoms with Crippen LogP contribution in [0.15, 0.2) is 29.1 Å². The number of fused-ring (bicyclic) bond motifs is 1. The Morgan fingerprint density at radius 2 is 1.93 bits per heavy atom. The molecule has 0 radical (unpaired) electrons. The van der Waals surface area contributed by atoms with E-state index in [9.17, 15) is 19.6 Å². The first kappa shape index (κ1) is 18.6. The summed E-state index contributed by atoms with van der Waals surface area (Å²) in [5, 5.41) is 16.8. The normalized spacial score (nSPS) is 15.7. The first-order chi connectivity index (χ1) is 13.0. The van der Waals surface area contributed by atoms with Crippen LogP contribution in [0.2, 0.25) is 0 Å². The fraction of sp³-hybridized carbons (Fsp3) is 0.421. The van der Waals surface area contributed by atoms with Crippen LogP contribution in [0.3, 0.4) is 0 Å². The number of aromatic nitrogens is 2. The molecule has 1 N–H and O–H groups in total. The molecule has 27 heavy (non-hydrogen) atoms. The molecule has 1 fully saturated rings. The van der Waals surface area contributed by atoms with Gasteiger partial charge in [0.25, 0.3) is 11.5 Å². The molecular formula is C19H20N4O4. The van der Waals surface area contributed by atoms with Crippen LogP contribution in [0.25, 0.3) is 10.8 Å². The highest BCUT2D eigenvalue weighted by Gasteiger charge is 2.33. The fourth-order valence-corrected chi connectivity index (χ4v) is 3.37. The summed E-state index contributed by atoms with van der Waals surface area (Å²) in [4.78, 5) is 36.7. The zero-order valence-corrected chi connectivity index (χ0v) is 15.0. The highest BCUT2D eigenvalue weighted by Crippen LogP contribution is 2.27. The van der Waals surface area contributed by atoms with E-state index < -0.39 is 24.0 Å². The van der Waals surface area contributed by atoms with Gasteiger partial charge in [0.2, 0.25) is 0 Å². The van der Waals surface area contributed by atoms with Crippen molar-refractivity contribution in [1.82, 2.24) is 15.1 Å². The molecule has 0 spiro atoms. The van der Waals surface area contributed by atoms with Crippen LogP contribution in [0.5, 0.6) is 0 Å². The summed E-state index contributed by atoms with van der Waals surface area (Å²) in [5.74, 6) is -1.33. The Morgan fingerprint density at radius 1 is 1.26 bits per heavy atom. The second-order valence-corrected chi connectivity index (χ2v) is 6.70. The van der Waals surface area contributed by atoms with E-state index in [0.717, 1.165) is 23.9 Å². The van der Waals surface area contributed by atoms with Crippen LogP contribution in [-0.2, 0) is 16.6 Å². The van der Waals surface area contributed by atoms with E-state index in [2.05, 4.69) is 16.5 Å². The number of nitriles is 1. The van der Waals surface area contributed by atoms with Crippen LogP contribution >= 0.6 is 0 Å². The van der Waals surface area contributed by atoms with Crippen molar-refractivity contribution in [2.24, 2.45) is 7.05 Å². The average Bonchev–Trinajstić information content (AvgIpc) is 2.69. The predicted octanol–water partition coefficient (Wildman–Crippen LogP) is 1.43. The highest BCUT2D eigenvalue weighted by molar-refractivity contribution is 6.02. The van der Waals surface area contributed by atoms with Gasteiger partial charge < -0.3 is 10.1 Å². The maximum absolute atomic E-state index is 12.4. The van der Waals surface area contributed by atoms with Crippen molar-refractivity contribution in [2.75, 3.05) is 6.61 Å². The number of carbonyl (C=O) groups is 2. The number of ether oxygens (including phenoxy) is 1. The van der Waals surface area contributed by atoms with Gasteiger partial charge in [-0.25, -0.2) is 9.48 Å². The molecule has 2 aromatic rings. The van der Waals surface area contributed by atoms with Crippen molar-refractivity contribution < 1.29 is 14.3 Å². The minimum absolute atomic E-state index is 0.0341. The SMILES string of the molecule is Cn1nc(C(=O)OCC(=O)NC2(C#N)CCCCC2)c2ccccc2c1=O. The van der Waals surface area contributed by atoms with Crippen molar-refractivity contribution in [2.45, 2.75) is 37.6 Å². The minimum Gasteiger partial charge on any atom is -0.451 e. The third-order valence-corrected chi connectivity index (χ3v) is 4.78. The topological polar surface area (TPSA) is 114 Å². The number of nitrogens with zero attached hydrogens (tertiary/aromatic N) is 3. The van der Waals surface area contributed by atoms with E-state index in [1.54, 1.807) is 24.3 Å². The molecule has 0 aliphatic heterocycles. The van der Waals surface area contributed by atoms with Crippen LogP contribution in [-0.4, -0.2) is 33.8 Å². The second-order valence-electron chi connectivity index (χ2n) is 6.70. The van der Waals surface area contributed by atoms with Crippen molar-refractivity contribution in [3.63, 3.8) is 0 Å². The summed E-state index contributed by atoms with van der Waals surface area (Å²) >= 11 is 0. The van der Waals surface area contributed by atoms with Crippen molar-refractivity contribution in [3.05, 3.63) is 40.3 Å². The molecule has 1 aromatic carbocycles. The Hall–Kier alpha value is -3.21. The number of rotatable bonds is 4. The van der Waals surface area contributed by atoms with Crippen LogP contribution in [0, 0.1) is 11.3 Å². The molecule has 140 valence electrons. The Labute approximate surface area is 155 Å². The quantitative estimate of drug-likeness (QED) is 0.817. The number of amides is 1. The summed E-state index contributed by atoms with van der Waals surface area (Å²) in [5.41, 5.74) is -1.25. The van der Waals surface area contributed by atoms with Gasteiger partial charge in [-0.05, 0) is 18.9 Å². The van der Waals surface area contributed by atoms with Crippen LogP contribution < -0.4 is 10.9 Å². The molecule has 8 nitrogen and oxygen atoms in total. The Morgan fingerprint density at radius 3 is 2.59 bits per heavy atom. The van der Waals surface area contributed by atoms with Crippen molar-refractivity contribution >= 4 is 22.6 Å². The second kappa shape index (κ2) is 7.58. The number of hydrogen-bond acceptors (Lipinski definition) is 6. The third-order valence-electron chi connectivity index (χ3n) is 4.78. The predicted molar refractivity (Wildman–Crippen MR) is 96.8 cm³/mol. The summed E-state index contributed by atoms with van der Waals surface area (Å²) in [6, 6.07) is 8.77. The number of hydrogen-bond donors (Lipinski definition) is 1. The van der Waals surface area contributed by atoms with Crippen molar-refractivity contribution in [1.29, 1.82) is 5.26 Å². The molecule has 0 atom stereocenters. The zero-order valence-electron chi connectivity index (χ0n) is 15.0. The number of nitrogens with one attached hydrogen (secondary N) is 1. The Kier molecular flexibility index (Phi) is 5.21. The standard InChI is InChI=1S/C19H20N4O4/c1-23-17(25)14-8-4-3-7-13(14)16(22-23)18(26)27-11-15(24)21-19(12-20)9-5-2-6-10-19/h3-4,7-8H,2,5-6,9-11H2,1H3,(H,21,24). The van der Waals surface area contributed by atoms with E-state index >= 15 is 0 Å². The van der Waals surface area contributed by atoms with E-state index in [1.165, 1.54) is 7.05 Å². The van der Waals surface area contributed by atoms with Gasteiger partial charge in [0.1, 0.15) is 5.54 Å². The summed E-state index contributed by atoms with van der Waals surface area (Å²) in [7, 11) is 1.44. The monoisotopic (exact) mass is 368 g/mol. The summed E-state index contributed by atoms with van der Waals surface area (Å²) in [6.07, 6.45) is 3.98. The van der Waals surface area contributed by atoms with Crippen LogP contribution in [0.1, 0.15) is 42.6 Å². The largest absolute Gasteiger partial charge is 0.451 e. The summed E-state index contributed by atoms with van der Waals surface area (Å²) < 4.78 is 6.15. The maximum Gasteiger partial charge on any atom is 0.359 e. The lowest BCUT2D eigenvalue weighted by Crippen LogP contribution is -2.50. The van der Waals surface area contributed by atoms with Gasteiger partial charge in [-0.1, -0.05) is 37.5 Å². The van der Waals surface area contributed by atoms with Gasteiger partial charge in [0.15, 0.2) is 12.3 Å². The minimum atomic E-state index is -0.886. The highest BCUT2D eigenvalue weighted by atomic mass is 16.5. The zero-order chi connectivity index (χ0) is 19.4. The van der Waals surface area contributed by atoms with E-state index in [-0.39, 0.29) is 11.3 Å². The smallest absolute Gasteiger partial charge is 0.359 e. The third kappa shape index (κ3) is 3.82. The lowest BCUT2D eigenvalue weighted by Gasteiger charge is -2.31. The number of benzene rings is 1. The molecule has 0 unspecified atom stereocenters. The van der Waals surface area contributed by atoms with Gasteiger partial charge in [-0.2, -0.15) is 10.4 Å². The van der Waals surface area contributed by atoms with E-state index in [0.29, 0.717) is 23.6 Å². The summed E-state index contributed by atoms with van der Waals surface area (Å²) in [6.45, 7) is -0.513. The molecular weight excluding hydrogens is 348 g/mol. The number of aryl methyl sites for hydroxylation is 1. The first-order valence-electron chi connectivity index (χ1n) is 8.81. The molecule has 0 bridgehead atoms. The maximum atomic E-state index is 12.4. The Bertz CT molecular complexity index is 983. The lowest BCUT2D eigenvalue weighted by molar-refractivity contribution is -0.125. The van der Waals surface area contributed by atoms with E-state index in [4.69, 9.17) is 4.74 Å². The Balaban J connectivity index is 1.72. The molecule has 1 aliphatic rings. The number of carbonyl (C=O) groups excluding carboxylic acids is 2. The van der Waals surface area contributed by atoms with Gasteiger partial charge in [-0.3, -0.25) is 9.59 Å². The average molecular weight is 368 g/mol. The first-order valence-corrected chi connectivity index (χ1v) is 8.81. The van der Waals surface area contributed by atoms with Gasteiger partial charge in [-0.15, -0.1) is 0 Å². The number of esters is 1. The van der Waals surface area contributed by atoms with Crippen LogP contribution in [0.4, 0.5) is 0 Å². The molecule has 1 aromatic heterocycles. The molecule has 1 aliphatic carbocycles. The molecule has 3 rings (SSSR count). The lowest BCUT2D eigenvalue weighted by atomic mass is 9.83. The van der Waals surface area contributed by atoms with Gasteiger partial charge in [0.05, 0.1) is 11.5 Å². The van der Waals surface area contributed by atoms with E-state index in [1.807, 2.05) is 0 Å². The molecule has 1 heterocycles. The molecule has 8 heteroatoms. The van der Waals surface area contributed by atoms with Crippen molar-refractivity contribution in [3.8, 4) is 6.07 Å². The molecule has 1 saturated carbocycles. The molecule has 1 amide bonds. The molecule has 0 saturated heterocycles. The van der Waals surface area contributed by atoms with Gasteiger partial charge >= 0.3 is 5.97 Å². The van der Waals surface area contributed by atoms with Gasteiger partial charge in [0, 0.05) is 12.4 Å².